The van der Waals surface area contributed by atoms with Gasteiger partial charge < -0.3 is 0 Å². The zero-order valence-corrected chi connectivity index (χ0v) is 25.4. The highest BCUT2D eigenvalue weighted by molar-refractivity contribution is 9.08. The Morgan fingerprint density at radius 1 is 0.634 bits per heavy atom. The largest absolute Gasteiger partial charge is 0.286 e. The minimum Gasteiger partial charge on any atom is -0.286 e. The van der Waals surface area contributed by atoms with E-state index >= 15 is 0 Å². The number of benzene rings is 2. The van der Waals surface area contributed by atoms with Crippen molar-refractivity contribution in [3.63, 3.8) is 0 Å². The van der Waals surface area contributed by atoms with Crippen LogP contribution in [0.5, 0.6) is 0 Å². The van der Waals surface area contributed by atoms with Gasteiger partial charge in [-0.05, 0) is 65.6 Å². The fourth-order valence-corrected chi connectivity index (χ4v) is 7.08. The van der Waals surface area contributed by atoms with E-state index in [2.05, 4.69) is 50.2 Å². The molecule has 7 heteroatoms. The molecule has 0 N–H and O–H groups in total. The van der Waals surface area contributed by atoms with Gasteiger partial charge in [0.15, 0.2) is 0 Å². The Balaban J connectivity index is 0.000000165. The van der Waals surface area contributed by atoms with Gasteiger partial charge in [-0.2, -0.15) is 0 Å². The lowest BCUT2D eigenvalue weighted by molar-refractivity contribution is 0.103. The van der Waals surface area contributed by atoms with E-state index in [0.29, 0.717) is 11.4 Å². The number of nitrogens with zero attached hydrogens (tertiary/aromatic N) is 2. The Morgan fingerprint density at radius 2 is 1.10 bits per heavy atom. The van der Waals surface area contributed by atoms with Crippen LogP contribution in [0.3, 0.4) is 0 Å². The van der Waals surface area contributed by atoms with E-state index in [1.54, 1.807) is 24.5 Å². The first-order chi connectivity index (χ1) is 20.0. The van der Waals surface area contributed by atoms with Crippen molar-refractivity contribution in [3.05, 3.63) is 154 Å². The highest BCUT2D eigenvalue weighted by Crippen LogP contribution is 2.35. The van der Waals surface area contributed by atoms with Crippen LogP contribution in [0.25, 0.3) is 20.9 Å². The molecule has 0 bridgehead atoms. The van der Waals surface area contributed by atoms with E-state index in [1.807, 2.05) is 79.7 Å². The van der Waals surface area contributed by atoms with Crippen LogP contribution in [0.1, 0.15) is 41.9 Å². The molecule has 0 unspecified atom stereocenters. The van der Waals surface area contributed by atoms with Crippen molar-refractivity contribution in [2.24, 2.45) is 0 Å². The minimum absolute atomic E-state index is 0.0131. The molecule has 0 fully saturated rings. The molecule has 41 heavy (non-hydrogen) atoms. The second-order valence-corrected chi connectivity index (χ2v) is 11.7. The zero-order valence-electron chi connectivity index (χ0n) is 22.2. The molecule has 6 rings (SSSR count). The molecular weight excluding hydrogens is 612 g/mol. The van der Waals surface area contributed by atoms with Crippen LogP contribution in [0.2, 0.25) is 0 Å². The number of halogens is 1. The third-order valence-electron chi connectivity index (χ3n) is 6.19. The second-order valence-electron chi connectivity index (χ2n) is 9.04. The second kappa shape index (κ2) is 13.5. The predicted octanol–water partition coefficient (Wildman–Crippen LogP) is 9.29. The van der Waals surface area contributed by atoms with Gasteiger partial charge in [-0.25, -0.2) is 0 Å². The van der Waals surface area contributed by atoms with E-state index in [4.69, 9.17) is 0 Å². The Hall–Kier alpha value is -4.04. The monoisotopic (exact) mass is 636 g/mol. The molecule has 0 aliphatic carbocycles. The molecule has 4 aromatic heterocycles. The van der Waals surface area contributed by atoms with Gasteiger partial charge in [-0.3, -0.25) is 19.6 Å². The summed E-state index contributed by atoms with van der Waals surface area (Å²) < 4.78 is 0. The van der Waals surface area contributed by atoms with Crippen molar-refractivity contribution in [1.82, 2.24) is 9.97 Å². The topological polar surface area (TPSA) is 59.9 Å². The molecule has 4 nitrogen and oxygen atoms in total. The summed E-state index contributed by atoms with van der Waals surface area (Å²) in [6.45, 7) is 2.04. The molecule has 0 amide bonds. The zero-order chi connectivity index (χ0) is 28.6. The highest BCUT2D eigenvalue weighted by Gasteiger charge is 2.18. The maximum atomic E-state index is 12.5. The van der Waals surface area contributed by atoms with E-state index in [0.717, 1.165) is 47.1 Å². The van der Waals surface area contributed by atoms with Crippen molar-refractivity contribution in [2.75, 3.05) is 0 Å². The Labute approximate surface area is 255 Å². The summed E-state index contributed by atoms with van der Waals surface area (Å²) in [6, 6.07) is 35.0. The third-order valence-corrected chi connectivity index (χ3v) is 9.30. The fraction of sp³-hybridized carbons (Fsp3) is 0.0588. The lowest BCUT2D eigenvalue weighted by atomic mass is 10.1. The molecule has 2 aromatic carbocycles. The molecule has 0 spiro atoms. The number of pyridine rings is 2. The van der Waals surface area contributed by atoms with Crippen molar-refractivity contribution in [1.29, 1.82) is 0 Å². The van der Waals surface area contributed by atoms with Crippen LogP contribution >= 0.6 is 38.6 Å². The third kappa shape index (κ3) is 6.82. The number of alkyl halides is 1. The normalized spacial score (nSPS) is 10.5. The van der Waals surface area contributed by atoms with Gasteiger partial charge in [-0.1, -0.05) is 88.7 Å². The molecule has 0 radical (unpaired) electrons. The number of hydrogen-bond donors (Lipinski definition) is 0. The van der Waals surface area contributed by atoms with Crippen LogP contribution in [-0.4, -0.2) is 21.5 Å². The Bertz CT molecular complexity index is 1750. The van der Waals surface area contributed by atoms with Gasteiger partial charge in [0, 0.05) is 27.5 Å². The maximum absolute atomic E-state index is 12.5. The van der Waals surface area contributed by atoms with E-state index in [9.17, 15) is 9.59 Å². The summed E-state index contributed by atoms with van der Waals surface area (Å²) in [5, 5.41) is 0.725. The first-order valence-corrected chi connectivity index (χ1v) is 15.6. The molecule has 0 aliphatic rings. The summed E-state index contributed by atoms with van der Waals surface area (Å²) in [4.78, 5) is 36.9. The summed E-state index contributed by atoms with van der Waals surface area (Å²) in [7, 11) is 0. The van der Waals surface area contributed by atoms with Crippen LogP contribution in [0.15, 0.2) is 122 Å². The van der Waals surface area contributed by atoms with Crippen LogP contribution in [0, 0.1) is 6.92 Å². The predicted molar refractivity (Wildman–Crippen MR) is 172 cm³/mol. The van der Waals surface area contributed by atoms with Crippen molar-refractivity contribution in [2.45, 2.75) is 12.3 Å². The molecule has 4 heterocycles. The number of hydrogen-bond acceptors (Lipinski definition) is 6. The van der Waals surface area contributed by atoms with Gasteiger partial charge in [0.05, 0.1) is 9.75 Å². The maximum Gasteiger partial charge on any atom is 0.221 e. The van der Waals surface area contributed by atoms with Crippen LogP contribution in [-0.2, 0) is 5.33 Å². The average molecular weight is 638 g/mol. The molecule has 0 saturated carbocycles. The number of aromatic nitrogens is 2. The first kappa shape index (κ1) is 28.5. The summed E-state index contributed by atoms with van der Waals surface area (Å²) >= 11 is 6.55. The van der Waals surface area contributed by atoms with Gasteiger partial charge in [-0.15, -0.1) is 22.7 Å². The first-order valence-electron chi connectivity index (χ1n) is 12.9. The summed E-state index contributed by atoms with van der Waals surface area (Å²) in [6.07, 6.45) is 3.29. The average Bonchev–Trinajstić information content (AvgIpc) is 3.66. The van der Waals surface area contributed by atoms with Gasteiger partial charge in [0.1, 0.15) is 11.4 Å². The lowest BCUT2D eigenvalue weighted by Gasteiger charge is -1.99. The molecule has 0 aliphatic heterocycles. The molecule has 202 valence electrons. The molecule has 0 saturated heterocycles. The van der Waals surface area contributed by atoms with E-state index in [1.165, 1.54) is 22.7 Å². The molecular formula is C34H25BrN2O2S2. The summed E-state index contributed by atoms with van der Waals surface area (Å²) in [5.74, 6) is -0.0362. The van der Waals surface area contributed by atoms with E-state index in [-0.39, 0.29) is 11.6 Å². The quantitative estimate of drug-likeness (QED) is 0.129. The number of ketones is 2. The SMILES string of the molecule is Cc1cc(C(=O)c2ccccn2)sc1-c1ccccc1.O=C(c1ccccn1)c1cc(CBr)c(-c2ccccc2)s1. The number of carbonyl (C=O) groups excluding carboxylic acids is 2. The number of aryl methyl sites for hydroxylation is 1. The fourth-order valence-electron chi connectivity index (χ4n) is 4.19. The number of thiophene rings is 2. The molecule has 6 aromatic rings. The smallest absolute Gasteiger partial charge is 0.221 e. The van der Waals surface area contributed by atoms with Crippen molar-refractivity contribution >= 4 is 50.2 Å². The number of rotatable bonds is 7. The Morgan fingerprint density at radius 3 is 1.59 bits per heavy atom. The lowest BCUT2D eigenvalue weighted by Crippen LogP contribution is -2.00. The Kier molecular flexibility index (Phi) is 9.41. The van der Waals surface area contributed by atoms with Crippen molar-refractivity contribution in [3.8, 4) is 20.9 Å². The van der Waals surface area contributed by atoms with Crippen LogP contribution < -0.4 is 0 Å². The van der Waals surface area contributed by atoms with Crippen molar-refractivity contribution < 1.29 is 9.59 Å². The molecule has 0 atom stereocenters. The van der Waals surface area contributed by atoms with E-state index < -0.39 is 0 Å². The summed E-state index contributed by atoms with van der Waals surface area (Å²) in [5.41, 5.74) is 5.52. The number of carbonyl (C=O) groups is 2. The van der Waals surface area contributed by atoms with Crippen LogP contribution in [0.4, 0.5) is 0 Å². The van der Waals surface area contributed by atoms with Gasteiger partial charge in [0.2, 0.25) is 11.6 Å². The standard InChI is InChI=1S/C17H12BrNOS.C17H13NOS/c18-11-13-10-15(16(20)14-8-4-5-9-19-14)21-17(13)12-6-2-1-3-7-12;1-12-11-15(16(19)14-9-5-6-10-18-14)20-17(12)13-7-3-2-4-8-13/h1-10H,11H2;2-11H,1H3. The van der Waals surface area contributed by atoms with Gasteiger partial charge in [0.25, 0.3) is 0 Å². The highest BCUT2D eigenvalue weighted by atomic mass is 79.9. The minimum atomic E-state index is -0.0232. The van der Waals surface area contributed by atoms with Gasteiger partial charge >= 0.3 is 0 Å².